The maximum Gasteiger partial charge on any atom is 1.00 e. The Labute approximate surface area is 221 Å². The van der Waals surface area contributed by atoms with Crippen LogP contribution < -0.4 is 34.9 Å². The van der Waals surface area contributed by atoms with Crippen LogP contribution in [-0.4, -0.2) is 45.9 Å². The van der Waals surface area contributed by atoms with Crippen LogP contribution in [0.1, 0.15) is 85.0 Å². The molecule has 0 spiro atoms. The summed E-state index contributed by atoms with van der Waals surface area (Å²) in [4.78, 5) is 22.7. The van der Waals surface area contributed by atoms with Gasteiger partial charge in [-0.1, -0.05) is 20.8 Å². The summed E-state index contributed by atoms with van der Waals surface area (Å²) in [5.41, 5.74) is 0.145. The van der Waals surface area contributed by atoms with E-state index in [9.17, 15) is 19.8 Å². The zero-order valence-electron chi connectivity index (χ0n) is 21.1. The Hall–Kier alpha value is -0.140. The minimum absolute atomic E-state index is 0. The number of carbonyl (C=O) groups is 2. The molecule has 0 saturated heterocycles. The van der Waals surface area contributed by atoms with E-state index in [0.29, 0.717) is 41.9 Å². The zero-order chi connectivity index (χ0) is 23.3. The number of amides is 1. The Bertz CT molecular complexity index is 733. The van der Waals surface area contributed by atoms with Crippen molar-refractivity contribution in [2.24, 2.45) is 46.3 Å². The molecule has 4 rings (SSSR count). The average Bonchev–Trinajstić information content (AvgIpc) is 3.10. The van der Waals surface area contributed by atoms with Crippen molar-refractivity contribution >= 4 is 11.9 Å². The van der Waals surface area contributed by atoms with Crippen molar-refractivity contribution in [1.29, 1.82) is 0 Å². The molecular formula is C26H43NNaO5+. The molecule has 4 aliphatic rings. The summed E-state index contributed by atoms with van der Waals surface area (Å²) < 4.78 is 0. The van der Waals surface area contributed by atoms with Crippen LogP contribution in [0, 0.1) is 46.3 Å². The number of carboxylic acid groups (broad SMARTS) is 1. The Morgan fingerprint density at radius 3 is 2.45 bits per heavy atom. The van der Waals surface area contributed by atoms with Crippen LogP contribution in [0.5, 0.6) is 0 Å². The molecule has 4 fully saturated rings. The van der Waals surface area contributed by atoms with Gasteiger partial charge in [0.1, 0.15) is 6.54 Å². The number of aliphatic carboxylic acids is 1. The molecule has 33 heavy (non-hydrogen) atoms. The molecule has 1 amide bonds. The first-order valence-electron chi connectivity index (χ1n) is 12.9. The van der Waals surface area contributed by atoms with Gasteiger partial charge in [-0.2, -0.15) is 0 Å². The average molecular weight is 473 g/mol. The number of carbonyl (C=O) groups excluding carboxylic acids is 1. The summed E-state index contributed by atoms with van der Waals surface area (Å²) in [7, 11) is 0. The van der Waals surface area contributed by atoms with Gasteiger partial charge in [0.15, 0.2) is 0 Å². The first kappa shape index (κ1) is 27.4. The predicted octanol–water partition coefficient (Wildman–Crippen LogP) is 0.598. The molecule has 10 atom stereocenters. The second-order valence-electron chi connectivity index (χ2n) is 12.1. The van der Waals surface area contributed by atoms with E-state index in [1.54, 1.807) is 0 Å². The standard InChI is InChI=1S/C26H43NO5.Na/c1-15(4-9-23(30)27-14-24(31)32)19-7-8-20-18-6-5-16-12-17(28)10-11-25(16,2)21(18)13-22(29)26(19,20)3;/h15-22,28-29H,4-14H2,1-3H3,(H,27,30)(H,31,32);/q;+1/t15-,16-,17-,18+,19-,20+,21+,22+,25+,26-;/m1./s1. The fourth-order valence-electron chi connectivity index (χ4n) is 8.98. The maximum atomic E-state index is 12.0. The first-order chi connectivity index (χ1) is 15.1. The molecule has 0 unspecified atom stereocenters. The predicted molar refractivity (Wildman–Crippen MR) is 122 cm³/mol. The van der Waals surface area contributed by atoms with Crippen molar-refractivity contribution in [1.82, 2.24) is 5.32 Å². The van der Waals surface area contributed by atoms with Crippen LogP contribution in [0.3, 0.4) is 0 Å². The van der Waals surface area contributed by atoms with Crippen molar-refractivity contribution in [2.45, 2.75) is 97.2 Å². The van der Waals surface area contributed by atoms with E-state index in [0.717, 1.165) is 44.9 Å². The molecule has 0 radical (unpaired) electrons. The summed E-state index contributed by atoms with van der Waals surface area (Å²) in [6.07, 6.45) is 9.12. The van der Waals surface area contributed by atoms with Crippen LogP contribution in [0.15, 0.2) is 0 Å². The van der Waals surface area contributed by atoms with Crippen molar-refractivity contribution in [2.75, 3.05) is 6.54 Å². The smallest absolute Gasteiger partial charge is 0.480 e. The quantitative estimate of drug-likeness (QED) is 0.424. The van der Waals surface area contributed by atoms with Crippen LogP contribution in [0.2, 0.25) is 0 Å². The number of nitrogens with one attached hydrogen (secondary N) is 1. The third-order valence-corrected chi connectivity index (χ3v) is 10.8. The minimum atomic E-state index is -1.02. The summed E-state index contributed by atoms with van der Waals surface area (Å²) in [6.45, 7) is 6.65. The summed E-state index contributed by atoms with van der Waals surface area (Å²) in [5, 5.41) is 33.0. The first-order valence-corrected chi connectivity index (χ1v) is 12.9. The van der Waals surface area contributed by atoms with Gasteiger partial charge in [0.05, 0.1) is 12.2 Å². The number of aliphatic hydroxyl groups excluding tert-OH is 2. The van der Waals surface area contributed by atoms with Gasteiger partial charge >= 0.3 is 35.5 Å². The molecule has 0 aromatic rings. The molecular weight excluding hydrogens is 429 g/mol. The minimum Gasteiger partial charge on any atom is -0.480 e. The molecule has 0 bridgehead atoms. The molecule has 4 aliphatic carbocycles. The van der Waals surface area contributed by atoms with E-state index in [4.69, 9.17) is 5.11 Å². The SMILES string of the molecule is C[C@H](CCC(=O)NCC(=O)O)[C@H]1CC[C@H]2[C@@H]3CC[C@@H]4C[C@H](O)CC[C@]4(C)[C@H]3C[C@H](O)[C@]12C.[Na+]. The molecule has 7 heteroatoms. The topological polar surface area (TPSA) is 107 Å². The molecule has 0 aliphatic heterocycles. The van der Waals surface area contributed by atoms with Crippen LogP contribution in [0.4, 0.5) is 0 Å². The molecule has 4 saturated carbocycles. The molecule has 182 valence electrons. The third-order valence-electron chi connectivity index (χ3n) is 10.8. The largest absolute Gasteiger partial charge is 1.00 e. The van der Waals surface area contributed by atoms with Crippen LogP contribution in [0.25, 0.3) is 0 Å². The van der Waals surface area contributed by atoms with Gasteiger partial charge in [-0.05, 0) is 104 Å². The van der Waals surface area contributed by atoms with E-state index < -0.39 is 5.97 Å². The number of fused-ring (bicyclic) bond motifs is 5. The summed E-state index contributed by atoms with van der Waals surface area (Å²) in [5.74, 6) is 1.84. The molecule has 6 nitrogen and oxygen atoms in total. The van der Waals surface area contributed by atoms with Gasteiger partial charge in [-0.3, -0.25) is 9.59 Å². The Balaban J connectivity index is 0.00000306. The second-order valence-corrected chi connectivity index (χ2v) is 12.1. The zero-order valence-corrected chi connectivity index (χ0v) is 23.1. The second kappa shape index (κ2) is 10.5. The van der Waals surface area contributed by atoms with Crippen molar-refractivity contribution in [3.63, 3.8) is 0 Å². The monoisotopic (exact) mass is 472 g/mol. The fourth-order valence-corrected chi connectivity index (χ4v) is 8.98. The molecule has 0 heterocycles. The Kier molecular flexibility index (Phi) is 8.70. The van der Waals surface area contributed by atoms with E-state index in [1.807, 2.05) is 0 Å². The van der Waals surface area contributed by atoms with Gasteiger partial charge in [0.2, 0.25) is 5.91 Å². The number of aliphatic hydroxyl groups is 2. The van der Waals surface area contributed by atoms with E-state index in [1.165, 1.54) is 12.8 Å². The van der Waals surface area contributed by atoms with Gasteiger partial charge in [0, 0.05) is 6.42 Å². The number of carboxylic acids is 1. The van der Waals surface area contributed by atoms with Crippen molar-refractivity contribution in [3.8, 4) is 0 Å². The number of hydrogen-bond acceptors (Lipinski definition) is 4. The van der Waals surface area contributed by atoms with Gasteiger partial charge in [0.25, 0.3) is 0 Å². The van der Waals surface area contributed by atoms with E-state index in [-0.39, 0.29) is 65.0 Å². The molecule has 4 N–H and O–H groups in total. The fraction of sp³-hybridized carbons (Fsp3) is 0.923. The molecule has 0 aromatic carbocycles. The van der Waals surface area contributed by atoms with Crippen molar-refractivity contribution in [3.05, 3.63) is 0 Å². The van der Waals surface area contributed by atoms with E-state index >= 15 is 0 Å². The Morgan fingerprint density at radius 2 is 1.76 bits per heavy atom. The van der Waals surface area contributed by atoms with Gasteiger partial charge in [-0.25, -0.2) is 0 Å². The third kappa shape index (κ3) is 4.94. The van der Waals surface area contributed by atoms with E-state index in [2.05, 4.69) is 26.1 Å². The van der Waals surface area contributed by atoms with Gasteiger partial charge < -0.3 is 20.6 Å². The van der Waals surface area contributed by atoms with Gasteiger partial charge in [-0.15, -0.1) is 0 Å². The number of hydrogen-bond donors (Lipinski definition) is 4. The maximum absolute atomic E-state index is 12.0. The molecule has 0 aromatic heterocycles. The van der Waals surface area contributed by atoms with Crippen LogP contribution in [-0.2, 0) is 9.59 Å². The summed E-state index contributed by atoms with van der Waals surface area (Å²) >= 11 is 0. The summed E-state index contributed by atoms with van der Waals surface area (Å²) in [6, 6.07) is 0. The normalized spacial score (nSPS) is 45.1. The van der Waals surface area contributed by atoms with Crippen LogP contribution >= 0.6 is 0 Å². The Morgan fingerprint density at radius 1 is 1.03 bits per heavy atom. The number of rotatable bonds is 6. The van der Waals surface area contributed by atoms with Crippen molar-refractivity contribution < 1.29 is 54.5 Å².